The van der Waals surface area contributed by atoms with Crippen LogP contribution in [0.2, 0.25) is 0 Å². The smallest absolute Gasteiger partial charge is 0.333 e. The van der Waals surface area contributed by atoms with Crippen LogP contribution in [0.3, 0.4) is 0 Å². The summed E-state index contributed by atoms with van der Waals surface area (Å²) in [4.78, 5) is 7.88. The van der Waals surface area contributed by atoms with E-state index < -0.39 is 0 Å². The summed E-state index contributed by atoms with van der Waals surface area (Å²) in [6.45, 7) is 21.1. The average molecular weight is 908 g/mol. The molecule has 0 fully saturated rings. The number of oxazole rings is 1. The zero-order valence-electron chi connectivity index (χ0n) is 41.4. The van der Waals surface area contributed by atoms with Gasteiger partial charge in [-0.2, -0.15) is 0 Å². The summed E-state index contributed by atoms with van der Waals surface area (Å²) in [7, 11) is 0. The summed E-state index contributed by atoms with van der Waals surface area (Å²) in [6, 6.07) is 52.7. The molecule has 0 radical (unpaired) electrons. The molecule has 11 aromatic rings. The van der Waals surface area contributed by atoms with Gasteiger partial charge in [0.15, 0.2) is 5.58 Å². The number of anilines is 2. The first kappa shape index (κ1) is 40.6. The van der Waals surface area contributed by atoms with Gasteiger partial charge < -0.3 is 18.2 Å². The van der Waals surface area contributed by atoms with Crippen LogP contribution in [0.15, 0.2) is 148 Å². The van der Waals surface area contributed by atoms with E-state index >= 15 is 0 Å². The maximum absolute atomic E-state index is 7.05. The zero-order chi connectivity index (χ0) is 47.5. The number of furan rings is 1. The molecular formula is C64H54BN3O2. The van der Waals surface area contributed by atoms with Gasteiger partial charge in [0, 0.05) is 61.2 Å². The quantitative estimate of drug-likeness (QED) is 0.162. The molecule has 0 amide bonds. The maximum atomic E-state index is 7.05. The summed E-state index contributed by atoms with van der Waals surface area (Å²) < 4.78 is 16.4. The zero-order valence-corrected chi connectivity index (χ0v) is 41.4. The molecule has 0 spiro atoms. The lowest BCUT2D eigenvalue weighted by molar-refractivity contribution is 0.332. The number of aromatic nitrogens is 2. The third-order valence-corrected chi connectivity index (χ3v) is 17.4. The second-order valence-electron chi connectivity index (χ2n) is 23.8. The maximum Gasteiger partial charge on any atom is 0.333 e. The summed E-state index contributed by atoms with van der Waals surface area (Å²) in [5.41, 5.74) is 24.8. The number of fused-ring (bicyclic) bond motifs is 16. The highest BCUT2D eigenvalue weighted by Crippen LogP contribution is 2.54. The molecule has 5 heterocycles. The minimum atomic E-state index is -0.188. The van der Waals surface area contributed by atoms with Gasteiger partial charge in [-0.05, 0) is 151 Å². The molecule has 2 aliphatic carbocycles. The molecule has 6 heteroatoms. The molecule has 70 heavy (non-hydrogen) atoms. The second kappa shape index (κ2) is 13.1. The highest BCUT2D eigenvalue weighted by molar-refractivity contribution is 6.94. The summed E-state index contributed by atoms with van der Waals surface area (Å²) in [6.07, 6.45) is 2.31. The molecule has 3 aromatic heterocycles. The molecule has 0 unspecified atom stereocenters. The van der Waals surface area contributed by atoms with Crippen molar-refractivity contribution in [3.8, 4) is 39.4 Å². The lowest BCUT2D eigenvalue weighted by Crippen LogP contribution is -2.60. The topological polar surface area (TPSA) is 47.3 Å². The average Bonchev–Trinajstić information content (AvgIpc) is 4.08. The van der Waals surface area contributed by atoms with E-state index in [0.29, 0.717) is 5.89 Å². The fraction of sp³-hybridized carbons (Fsp3) is 0.234. The largest absolute Gasteiger partial charge is 0.456 e. The van der Waals surface area contributed by atoms with Gasteiger partial charge in [-0.15, -0.1) is 0 Å². The predicted molar refractivity (Wildman–Crippen MR) is 292 cm³/mol. The molecule has 0 saturated heterocycles. The molecule has 0 N–H and O–H groups in total. The minimum absolute atomic E-state index is 0.00319. The SMILES string of the molecule is CC(C)(C)c1ccc(N2B3c4cc5nc(-c6ccccc6)oc5cc4-n4c5cc6c(cc5c5ccc(c3c54)-c3cc4oc5cc7c(cc5c4cc32)C(C)(C)CCC7(C)C)-c2ccccc2C6(C)C)cc1. The molecule has 0 bridgehead atoms. The standard InChI is InChI=1S/C64H54BN3O2/c1-61(2,3)36-19-21-37(22-20-36)68-53-29-45-44-28-48-49(63(6,7)26-25-62(48,4)5)32-56(44)69-55(45)30-43(53)39-23-24-40-42-27-41-38-17-13-14-18-46(38)64(8,9)47(41)31-52(42)67-54-34-57-51(33-50(54)65(68)58(39)59(40)67)66-60(70-57)35-15-11-10-12-16-35/h10-24,27-34H,25-26H2,1-9H3. The predicted octanol–water partition coefficient (Wildman–Crippen LogP) is 15.7. The van der Waals surface area contributed by atoms with Crippen LogP contribution in [0.25, 0.3) is 94.2 Å². The van der Waals surface area contributed by atoms with E-state index in [0.717, 1.165) is 57.4 Å². The number of hydrogen-bond acceptors (Lipinski definition) is 4. The van der Waals surface area contributed by atoms with E-state index in [1.165, 1.54) is 93.9 Å². The molecule has 8 aromatic carbocycles. The van der Waals surface area contributed by atoms with E-state index in [1.807, 2.05) is 18.2 Å². The highest BCUT2D eigenvalue weighted by atomic mass is 16.3. The Bertz CT molecular complexity index is 4140. The molecule has 4 aliphatic rings. The number of nitrogens with zero attached hydrogens (tertiary/aromatic N) is 3. The molecule has 0 saturated carbocycles. The molecule has 5 nitrogen and oxygen atoms in total. The monoisotopic (exact) mass is 907 g/mol. The van der Waals surface area contributed by atoms with E-state index in [-0.39, 0.29) is 28.5 Å². The summed E-state index contributed by atoms with van der Waals surface area (Å²) in [5.74, 6) is 0.627. The van der Waals surface area contributed by atoms with Crippen LogP contribution in [0.1, 0.15) is 103 Å². The van der Waals surface area contributed by atoms with Crippen molar-refractivity contribution < 1.29 is 8.83 Å². The first-order chi connectivity index (χ1) is 33.5. The molecule has 0 atom stereocenters. The van der Waals surface area contributed by atoms with Gasteiger partial charge in [0.25, 0.3) is 0 Å². The first-order valence-corrected chi connectivity index (χ1v) is 25.3. The van der Waals surface area contributed by atoms with Crippen molar-refractivity contribution in [3.63, 3.8) is 0 Å². The van der Waals surface area contributed by atoms with Gasteiger partial charge in [0.2, 0.25) is 5.89 Å². The van der Waals surface area contributed by atoms with Crippen LogP contribution in [-0.2, 0) is 21.7 Å². The van der Waals surface area contributed by atoms with Gasteiger partial charge >= 0.3 is 6.85 Å². The molecule has 340 valence electrons. The van der Waals surface area contributed by atoms with Gasteiger partial charge in [0.1, 0.15) is 16.7 Å². The third kappa shape index (κ3) is 5.21. The van der Waals surface area contributed by atoms with Crippen LogP contribution in [0.5, 0.6) is 0 Å². The van der Waals surface area contributed by atoms with E-state index in [2.05, 4.69) is 193 Å². The van der Waals surface area contributed by atoms with Crippen LogP contribution in [0.4, 0.5) is 11.4 Å². The van der Waals surface area contributed by atoms with E-state index in [1.54, 1.807) is 0 Å². The van der Waals surface area contributed by atoms with Crippen LogP contribution in [0, 0.1) is 0 Å². The lowest BCUT2D eigenvalue weighted by atomic mass is 9.44. The number of rotatable bonds is 2. The van der Waals surface area contributed by atoms with Crippen LogP contribution in [-0.4, -0.2) is 16.4 Å². The van der Waals surface area contributed by atoms with E-state index in [9.17, 15) is 0 Å². The van der Waals surface area contributed by atoms with Crippen molar-refractivity contribution in [2.75, 3.05) is 4.81 Å². The Morgan fingerprint density at radius 3 is 2.03 bits per heavy atom. The molecule has 15 rings (SSSR count). The Balaban J connectivity index is 1.07. The minimum Gasteiger partial charge on any atom is -0.456 e. The van der Waals surface area contributed by atoms with Crippen molar-refractivity contribution in [2.24, 2.45) is 0 Å². The Kier molecular flexibility index (Phi) is 7.59. The van der Waals surface area contributed by atoms with Crippen molar-refractivity contribution in [1.29, 1.82) is 0 Å². The van der Waals surface area contributed by atoms with Crippen molar-refractivity contribution in [1.82, 2.24) is 9.55 Å². The Labute approximate surface area is 408 Å². The van der Waals surface area contributed by atoms with Gasteiger partial charge in [-0.1, -0.05) is 129 Å². The van der Waals surface area contributed by atoms with Gasteiger partial charge in [-0.25, -0.2) is 4.98 Å². The van der Waals surface area contributed by atoms with Crippen LogP contribution >= 0.6 is 0 Å². The first-order valence-electron chi connectivity index (χ1n) is 25.3. The fourth-order valence-electron chi connectivity index (χ4n) is 13.4. The fourth-order valence-corrected chi connectivity index (χ4v) is 13.4. The Morgan fingerprint density at radius 1 is 0.543 bits per heavy atom. The number of benzene rings is 8. The van der Waals surface area contributed by atoms with Crippen LogP contribution < -0.4 is 15.7 Å². The molecular weight excluding hydrogens is 854 g/mol. The lowest BCUT2D eigenvalue weighted by Gasteiger charge is -2.42. The molecule has 2 aliphatic heterocycles. The Morgan fingerprint density at radius 2 is 1.26 bits per heavy atom. The van der Waals surface area contributed by atoms with Gasteiger partial charge in [-0.3, -0.25) is 0 Å². The Hall–Kier alpha value is -7.31. The third-order valence-electron chi connectivity index (χ3n) is 17.4. The summed E-state index contributed by atoms with van der Waals surface area (Å²) >= 11 is 0. The van der Waals surface area contributed by atoms with Gasteiger partial charge in [0.05, 0.1) is 11.0 Å². The highest BCUT2D eigenvalue weighted by Gasteiger charge is 2.46. The normalized spacial score (nSPS) is 16.8. The van der Waals surface area contributed by atoms with E-state index in [4.69, 9.17) is 13.8 Å². The van der Waals surface area contributed by atoms with Crippen molar-refractivity contribution in [3.05, 3.63) is 167 Å². The van der Waals surface area contributed by atoms with Crippen molar-refractivity contribution in [2.45, 2.75) is 96.8 Å². The number of hydrogen-bond donors (Lipinski definition) is 0. The summed E-state index contributed by atoms with van der Waals surface area (Å²) in [5, 5.41) is 4.85. The second-order valence-corrected chi connectivity index (χ2v) is 23.8. The van der Waals surface area contributed by atoms with Crippen molar-refractivity contribution >= 4 is 84.0 Å².